The van der Waals surface area contributed by atoms with Crippen molar-refractivity contribution in [2.45, 2.75) is 141 Å². The molecule has 4 atom stereocenters. The summed E-state index contributed by atoms with van der Waals surface area (Å²) in [5, 5.41) is -0.103. The van der Waals surface area contributed by atoms with Crippen LogP contribution in [0.5, 0.6) is 5.75 Å². The van der Waals surface area contributed by atoms with E-state index in [2.05, 4.69) is 113 Å². The van der Waals surface area contributed by atoms with E-state index in [0.717, 1.165) is 0 Å². The summed E-state index contributed by atoms with van der Waals surface area (Å²) in [7, 11) is -6.87. The molecule has 1 aliphatic rings. The van der Waals surface area contributed by atoms with Crippen molar-refractivity contribution < 1.29 is 27.5 Å². The molecule has 1 saturated heterocycles. The van der Waals surface area contributed by atoms with Gasteiger partial charge in [-0.2, -0.15) is 0 Å². The van der Waals surface area contributed by atoms with Gasteiger partial charge in [0.05, 0.1) is 12.9 Å². The van der Waals surface area contributed by atoms with Gasteiger partial charge in [-0.3, -0.25) is 14.3 Å². The van der Waals surface area contributed by atoms with Crippen LogP contribution in [0.3, 0.4) is 0 Å². The van der Waals surface area contributed by atoms with E-state index in [1.165, 1.54) is 11.2 Å². The lowest BCUT2D eigenvalue weighted by Gasteiger charge is -2.44. The summed E-state index contributed by atoms with van der Waals surface area (Å²) in [4.78, 5) is 29.2. The van der Waals surface area contributed by atoms with Crippen molar-refractivity contribution in [1.82, 2.24) is 19.5 Å². The number of carbonyl (C=O) groups is 1. The molecule has 0 radical (unpaired) electrons. The molecule has 1 fully saturated rings. The molecule has 0 saturated carbocycles. The van der Waals surface area contributed by atoms with Gasteiger partial charge in [0, 0.05) is 6.54 Å². The maximum atomic E-state index is 13.6. The van der Waals surface area contributed by atoms with Gasteiger partial charge in [-0.25, -0.2) is 15.0 Å². The largest absolute Gasteiger partial charge is 0.484 e. The van der Waals surface area contributed by atoms with Crippen molar-refractivity contribution in [3.63, 3.8) is 0 Å². The van der Waals surface area contributed by atoms with E-state index in [1.54, 1.807) is 12.4 Å². The number of para-hydroxylation sites is 1. The van der Waals surface area contributed by atoms with Crippen LogP contribution in [0.15, 0.2) is 55.6 Å². The van der Waals surface area contributed by atoms with Gasteiger partial charge in [0.2, 0.25) is 0 Å². The Hall–Kier alpha value is -2.73. The zero-order valence-electron chi connectivity index (χ0n) is 34.9. The number of anilines is 1. The molecule has 0 N–H and O–H groups in total. The summed E-state index contributed by atoms with van der Waals surface area (Å²) in [6, 6.07) is 9.24. The molecular weight excluding hydrogens is 719 g/mol. The van der Waals surface area contributed by atoms with Crippen LogP contribution in [-0.4, -0.2) is 88.4 Å². The molecule has 0 unspecified atom stereocenters. The molecule has 3 aromatic rings. The Labute approximate surface area is 321 Å². The maximum Gasteiger partial charge on any atom is 0.266 e. The number of rotatable bonds is 14. The molecule has 0 aliphatic carbocycles. The second-order valence-corrected chi connectivity index (χ2v) is 33.1. The Balaban J connectivity index is 1.82. The van der Waals surface area contributed by atoms with Crippen LogP contribution < -0.4 is 9.64 Å². The molecule has 11 nitrogen and oxygen atoms in total. The van der Waals surface area contributed by atoms with Crippen LogP contribution in [0.25, 0.3) is 11.2 Å². The first-order chi connectivity index (χ1) is 24.3. The quantitative estimate of drug-likeness (QED) is 0.117. The van der Waals surface area contributed by atoms with Crippen LogP contribution in [0, 0.1) is 0 Å². The van der Waals surface area contributed by atoms with Crippen LogP contribution in [0.1, 0.15) is 68.5 Å². The highest BCUT2D eigenvalue weighted by molar-refractivity contribution is 6.75. The minimum atomic E-state index is -2.39. The zero-order valence-corrected chi connectivity index (χ0v) is 37.9. The third-order valence-corrected chi connectivity index (χ3v) is 25.2. The first-order valence-corrected chi connectivity index (χ1v) is 27.5. The van der Waals surface area contributed by atoms with Gasteiger partial charge < -0.3 is 22.8 Å². The molecule has 2 aromatic heterocycles. The fraction of sp³-hybridized carbons (Fsp3) is 0.641. The predicted molar refractivity (Wildman–Crippen MR) is 221 cm³/mol. The molecule has 1 amide bonds. The third-order valence-electron chi connectivity index (χ3n) is 11.8. The number of ether oxygens (including phenoxy) is 2. The molecular formula is C39H65N5O6Si3. The number of fused-ring (bicyclic) bond motifs is 1. The Morgan fingerprint density at radius 3 is 1.96 bits per heavy atom. The van der Waals surface area contributed by atoms with E-state index in [1.807, 2.05) is 34.9 Å². The van der Waals surface area contributed by atoms with Crippen molar-refractivity contribution in [2.75, 3.05) is 24.7 Å². The third kappa shape index (κ3) is 9.57. The highest BCUT2D eigenvalue weighted by Crippen LogP contribution is 2.47. The fourth-order valence-corrected chi connectivity index (χ4v) is 8.89. The standard InChI is InChI=1S/C39H65N5O6Si3/c1-17-23-43(30(45)25-46-28-21-19-18-20-22-28)34-31-35(41-26-40-34)44(27-42-31)36-33(50-53(15,16)39(8,9)10)32(49-52(13,14)38(5,6)7)29(48-36)24-47-51(11,12)37(2,3)4/h17-22,26-27,29,32-33,36H,1,23-25H2,2-16H3/t29-,32-,33-,36-/m1/s1. The maximum absolute atomic E-state index is 13.6. The molecule has 3 heterocycles. The lowest BCUT2D eigenvalue weighted by molar-refractivity contribution is -0.120. The van der Waals surface area contributed by atoms with Crippen molar-refractivity contribution in [3.8, 4) is 5.75 Å². The molecule has 53 heavy (non-hydrogen) atoms. The summed E-state index contributed by atoms with van der Waals surface area (Å²) in [5.74, 6) is 0.677. The van der Waals surface area contributed by atoms with Gasteiger partial charge in [-0.05, 0) is 66.5 Å². The van der Waals surface area contributed by atoms with Gasteiger partial charge in [-0.15, -0.1) is 6.58 Å². The SMILES string of the molecule is C=CCN(C(=O)COc1ccccc1)c1ncnc2c1ncn2[C@@H]1O[C@H](CO[Si](C)(C)C(C)(C)C)[C@@H](O[Si](C)(C)C(C)(C)C)[C@H]1O[Si](C)(C)C(C)(C)C. The second-order valence-electron chi connectivity index (χ2n) is 18.7. The number of amides is 1. The minimum absolute atomic E-state index is 0.0204. The van der Waals surface area contributed by atoms with Gasteiger partial charge in [0.15, 0.2) is 54.8 Å². The summed E-state index contributed by atoms with van der Waals surface area (Å²) in [6.45, 7) is 38.1. The lowest BCUT2D eigenvalue weighted by Crippen LogP contribution is -2.54. The van der Waals surface area contributed by atoms with Crippen LogP contribution >= 0.6 is 0 Å². The fourth-order valence-electron chi connectivity index (χ4n) is 5.27. The number of hydrogen-bond acceptors (Lipinski definition) is 9. The van der Waals surface area contributed by atoms with Gasteiger partial charge >= 0.3 is 0 Å². The molecule has 1 aromatic carbocycles. The molecule has 294 valence electrons. The Kier molecular flexibility index (Phi) is 12.8. The second kappa shape index (κ2) is 15.8. The topological polar surface area (TPSA) is 110 Å². The molecule has 4 rings (SSSR count). The zero-order chi connectivity index (χ0) is 39.8. The number of benzene rings is 1. The number of carbonyl (C=O) groups excluding carboxylic acids is 1. The summed E-state index contributed by atoms with van der Waals surface area (Å²) in [5.41, 5.74) is 0.978. The van der Waals surface area contributed by atoms with E-state index in [0.29, 0.717) is 29.3 Å². The average molecular weight is 784 g/mol. The Morgan fingerprint density at radius 1 is 0.849 bits per heavy atom. The normalized spacial score (nSPS) is 20.5. The van der Waals surface area contributed by atoms with Crippen molar-refractivity contribution in [2.24, 2.45) is 0 Å². The molecule has 1 aliphatic heterocycles. The number of aromatic nitrogens is 4. The summed E-state index contributed by atoms with van der Waals surface area (Å²) in [6.07, 6.45) is 2.89. The van der Waals surface area contributed by atoms with Gasteiger partial charge in [0.25, 0.3) is 5.91 Å². The molecule has 0 bridgehead atoms. The predicted octanol–water partition coefficient (Wildman–Crippen LogP) is 9.12. The highest BCUT2D eigenvalue weighted by Gasteiger charge is 2.55. The smallest absolute Gasteiger partial charge is 0.266 e. The number of nitrogens with zero attached hydrogens (tertiary/aromatic N) is 5. The summed E-state index contributed by atoms with van der Waals surface area (Å²) >= 11 is 0. The first kappa shape index (κ1) is 43.0. The number of imidazole rings is 1. The minimum Gasteiger partial charge on any atom is -0.484 e. The van der Waals surface area contributed by atoms with Crippen LogP contribution in [0.2, 0.25) is 54.4 Å². The van der Waals surface area contributed by atoms with Crippen molar-refractivity contribution in [1.29, 1.82) is 0 Å². The summed E-state index contributed by atoms with van der Waals surface area (Å²) < 4.78 is 36.4. The van der Waals surface area contributed by atoms with Gasteiger partial charge in [-0.1, -0.05) is 86.6 Å². The van der Waals surface area contributed by atoms with E-state index in [4.69, 9.17) is 32.7 Å². The molecule has 0 spiro atoms. The van der Waals surface area contributed by atoms with Crippen molar-refractivity contribution in [3.05, 3.63) is 55.6 Å². The van der Waals surface area contributed by atoms with Crippen LogP contribution in [-0.2, 0) is 22.8 Å². The highest BCUT2D eigenvalue weighted by atomic mass is 28.4. The Bertz CT molecular complexity index is 1710. The van der Waals surface area contributed by atoms with E-state index in [9.17, 15) is 4.79 Å². The number of hydrogen-bond donors (Lipinski definition) is 0. The Morgan fingerprint density at radius 2 is 1.42 bits per heavy atom. The average Bonchev–Trinajstić information content (AvgIpc) is 3.61. The van der Waals surface area contributed by atoms with Gasteiger partial charge in [0.1, 0.15) is 30.4 Å². The monoisotopic (exact) mass is 783 g/mol. The van der Waals surface area contributed by atoms with E-state index in [-0.39, 0.29) is 34.2 Å². The molecule has 14 heteroatoms. The van der Waals surface area contributed by atoms with Crippen molar-refractivity contribution >= 4 is 47.8 Å². The lowest BCUT2D eigenvalue weighted by atomic mass is 10.1. The van der Waals surface area contributed by atoms with E-state index < -0.39 is 49.5 Å². The first-order valence-electron chi connectivity index (χ1n) is 18.7. The van der Waals surface area contributed by atoms with E-state index >= 15 is 0 Å². The van der Waals surface area contributed by atoms with Crippen LogP contribution in [0.4, 0.5) is 5.82 Å².